The Bertz CT molecular complexity index is 397. The molecule has 5 nitrogen and oxygen atoms in total. The summed E-state index contributed by atoms with van der Waals surface area (Å²) in [6.07, 6.45) is 0.256. The third-order valence-electron chi connectivity index (χ3n) is 1.94. The summed E-state index contributed by atoms with van der Waals surface area (Å²) in [4.78, 5) is 21.7. The van der Waals surface area contributed by atoms with Crippen molar-refractivity contribution in [2.45, 2.75) is 25.9 Å². The molecule has 0 amide bonds. The summed E-state index contributed by atoms with van der Waals surface area (Å²) >= 11 is 0. The van der Waals surface area contributed by atoms with E-state index in [-0.39, 0.29) is 29.2 Å². The second-order valence-electron chi connectivity index (χ2n) is 3.39. The first-order chi connectivity index (χ1) is 8.49. The maximum Gasteiger partial charge on any atom is 0.330 e. The molecule has 3 N–H and O–H groups in total. The van der Waals surface area contributed by atoms with Crippen molar-refractivity contribution in [3.05, 3.63) is 29.8 Å². The van der Waals surface area contributed by atoms with Crippen LogP contribution in [-0.2, 0) is 37.8 Å². The molecule has 111 valence electrons. The summed E-state index contributed by atoms with van der Waals surface area (Å²) in [5, 5.41) is 9.05. The number of ether oxygens (including phenoxy) is 1. The Morgan fingerprint density at radius 1 is 1.32 bits per heavy atom. The first-order valence-corrected chi connectivity index (χ1v) is 7.75. The van der Waals surface area contributed by atoms with Crippen molar-refractivity contribution in [3.8, 4) is 5.75 Å². The molecule has 1 atom stereocenters. The molecule has 19 heavy (non-hydrogen) atoms. The Kier molecular flexibility index (Phi) is 11.4. The second-order valence-corrected chi connectivity index (χ2v) is 3.39. The van der Waals surface area contributed by atoms with E-state index in [9.17, 15) is 9.59 Å². The predicted molar refractivity (Wildman–Crippen MR) is 72.4 cm³/mol. The zero-order valence-corrected chi connectivity index (χ0v) is 14.1. The minimum absolute atomic E-state index is 0. The van der Waals surface area contributed by atoms with Crippen molar-refractivity contribution in [2.75, 3.05) is 0 Å². The normalized spacial score (nSPS) is 10.5. The summed E-state index contributed by atoms with van der Waals surface area (Å²) in [7, 11) is 1.31. The van der Waals surface area contributed by atoms with E-state index in [1.165, 1.54) is 22.4 Å². The molecule has 0 aliphatic rings. The van der Waals surface area contributed by atoms with E-state index >= 15 is 0 Å². The van der Waals surface area contributed by atoms with E-state index in [0.29, 0.717) is 0 Å². The van der Waals surface area contributed by atoms with Gasteiger partial charge in [0, 0.05) is 24.0 Å². The van der Waals surface area contributed by atoms with Gasteiger partial charge < -0.3 is 15.6 Å². The van der Waals surface area contributed by atoms with Gasteiger partial charge in [-0.3, -0.25) is 4.79 Å². The largest absolute Gasteiger partial charge is 0.508 e. The number of hydrogen-bond acceptors (Lipinski definition) is 5. The number of carbonyl (C=O) groups excluding carboxylic acids is 2. The number of hydrogen-bond donors (Lipinski definition) is 2. The monoisotopic (exact) mass is 332 g/mol. The first-order valence-electron chi connectivity index (χ1n) is 5.75. The number of esters is 2. The van der Waals surface area contributed by atoms with Crippen molar-refractivity contribution in [1.82, 2.24) is 0 Å². The zero-order valence-electron chi connectivity index (χ0n) is 11.1. The molecule has 0 saturated heterocycles. The topological polar surface area (TPSA) is 89.6 Å². The summed E-state index contributed by atoms with van der Waals surface area (Å²) in [5.74, 6) is -1.28. The Morgan fingerprint density at radius 3 is 2.21 bits per heavy atom. The van der Waals surface area contributed by atoms with Gasteiger partial charge in [0.1, 0.15) is 11.8 Å². The predicted octanol–water partition coefficient (Wildman–Crippen LogP) is -0.251. The van der Waals surface area contributed by atoms with E-state index in [1.807, 2.05) is 0 Å². The fraction of sp³-hybridized carbons (Fsp3) is 0.333. The Morgan fingerprint density at radius 2 is 1.79 bits per heavy atom. The van der Waals surface area contributed by atoms with Crippen LogP contribution in [0.5, 0.6) is 5.75 Å². The van der Waals surface area contributed by atoms with E-state index in [1.54, 1.807) is 12.1 Å². The van der Waals surface area contributed by atoms with Gasteiger partial charge in [0.15, 0.2) is 0 Å². The summed E-state index contributed by atoms with van der Waals surface area (Å²) in [6, 6.07) is 5.41. The Labute approximate surface area is 126 Å². The summed E-state index contributed by atoms with van der Waals surface area (Å²) in [6.45, 7) is 3.28. The van der Waals surface area contributed by atoms with Gasteiger partial charge in [-0.05, 0) is 34.4 Å². The molecule has 1 rings (SSSR count). The molecule has 1 aromatic carbocycles. The van der Waals surface area contributed by atoms with Gasteiger partial charge >= 0.3 is 11.9 Å². The number of phenols is 1. The molecular weight excluding hydrogens is 314 g/mol. The van der Waals surface area contributed by atoms with Crippen LogP contribution in [0.2, 0.25) is 6.55 Å². The first kappa shape index (κ1) is 20.2. The van der Waals surface area contributed by atoms with E-state index in [0.717, 1.165) is 12.5 Å². The van der Waals surface area contributed by atoms with Gasteiger partial charge in [-0.25, -0.2) is 4.79 Å². The van der Waals surface area contributed by atoms with Crippen LogP contribution in [0.25, 0.3) is 0 Å². The van der Waals surface area contributed by atoms with Gasteiger partial charge in [-0.2, -0.15) is 0 Å². The standard InChI is InChI=1S/C11H13NO4.CH6Si.Cu/c1-7(13)16-11(15)10(12)6-8-2-4-9(14)5-3-8;1-2;/h2-5,10,14H,6,12H2,1H3;1-2H3;/t10-;;/m0../s1. The Balaban J connectivity index is 0. The molecular formula is C12H19CuNO4Si. The number of nitrogens with two attached hydrogens (primary N) is 1. The molecule has 0 saturated carbocycles. The average Bonchev–Trinajstić information content (AvgIpc) is 2.33. The molecule has 0 spiro atoms. The van der Waals surface area contributed by atoms with Crippen LogP contribution in [0, 0.1) is 0 Å². The van der Waals surface area contributed by atoms with Crippen molar-refractivity contribution >= 4 is 22.2 Å². The quantitative estimate of drug-likeness (QED) is 0.452. The molecule has 1 aromatic rings. The minimum Gasteiger partial charge on any atom is -0.508 e. The van der Waals surface area contributed by atoms with Crippen LogP contribution in [0.3, 0.4) is 0 Å². The molecule has 7 heteroatoms. The minimum atomic E-state index is -0.881. The molecule has 0 unspecified atom stereocenters. The van der Waals surface area contributed by atoms with Gasteiger partial charge in [-0.1, -0.05) is 18.7 Å². The molecule has 0 aromatic heterocycles. The maximum absolute atomic E-state index is 11.2. The van der Waals surface area contributed by atoms with Gasteiger partial charge in [-0.15, -0.1) is 0 Å². The van der Waals surface area contributed by atoms with Crippen LogP contribution in [-0.4, -0.2) is 33.3 Å². The van der Waals surface area contributed by atoms with Crippen LogP contribution in [0.15, 0.2) is 24.3 Å². The van der Waals surface area contributed by atoms with Crippen LogP contribution < -0.4 is 5.73 Å². The number of aromatic hydroxyl groups is 1. The molecule has 0 aliphatic carbocycles. The smallest absolute Gasteiger partial charge is 0.330 e. The SMILES string of the molecule is CC(=O)OC(=O)[C@@H](N)Cc1ccc(O)cc1.C[SiH3].[Cu]. The van der Waals surface area contributed by atoms with Crippen LogP contribution >= 0.6 is 0 Å². The van der Waals surface area contributed by atoms with Crippen molar-refractivity contribution in [2.24, 2.45) is 5.73 Å². The summed E-state index contributed by atoms with van der Waals surface area (Å²) < 4.78 is 4.36. The van der Waals surface area contributed by atoms with Gasteiger partial charge in [0.05, 0.1) is 0 Å². The van der Waals surface area contributed by atoms with Crippen molar-refractivity contribution < 1.29 is 36.5 Å². The second kappa shape index (κ2) is 10.7. The number of rotatable bonds is 3. The number of carbonyl (C=O) groups is 2. The van der Waals surface area contributed by atoms with Crippen molar-refractivity contribution in [1.29, 1.82) is 0 Å². The number of benzene rings is 1. The molecule has 0 aliphatic heterocycles. The maximum atomic E-state index is 11.2. The average molecular weight is 333 g/mol. The van der Waals surface area contributed by atoms with Crippen molar-refractivity contribution in [3.63, 3.8) is 0 Å². The zero-order chi connectivity index (χ0) is 14.1. The van der Waals surface area contributed by atoms with Crippen LogP contribution in [0.1, 0.15) is 12.5 Å². The van der Waals surface area contributed by atoms with Gasteiger partial charge in [0.2, 0.25) is 0 Å². The molecule has 0 bridgehead atoms. The van der Waals surface area contributed by atoms with Gasteiger partial charge in [0.25, 0.3) is 0 Å². The third-order valence-corrected chi connectivity index (χ3v) is 1.94. The van der Waals surface area contributed by atoms with Crippen LogP contribution in [0.4, 0.5) is 0 Å². The number of phenolic OH excluding ortho intramolecular Hbond substituents is 1. The van der Waals surface area contributed by atoms with E-state index in [2.05, 4.69) is 11.3 Å². The van der Waals surface area contributed by atoms with E-state index < -0.39 is 18.0 Å². The molecule has 1 radical (unpaired) electrons. The van der Waals surface area contributed by atoms with E-state index in [4.69, 9.17) is 10.8 Å². The summed E-state index contributed by atoms with van der Waals surface area (Å²) in [5.41, 5.74) is 6.33. The third kappa shape index (κ3) is 8.55. The fourth-order valence-electron chi connectivity index (χ4n) is 1.19. The Hall–Kier alpha value is -1.14. The molecule has 0 heterocycles. The molecule has 0 fully saturated rings. The fourth-order valence-corrected chi connectivity index (χ4v) is 1.19.